The molecule has 4 nitrogen and oxygen atoms in total. The van der Waals surface area contributed by atoms with E-state index in [1.54, 1.807) is 0 Å². The zero-order chi connectivity index (χ0) is 11.3. The van der Waals surface area contributed by atoms with Gasteiger partial charge in [0.1, 0.15) is 9.88 Å². The fourth-order valence-corrected chi connectivity index (χ4v) is 3.02. The minimum Gasteiger partial charge on any atom is -0.289 e. The summed E-state index contributed by atoms with van der Waals surface area (Å²) >= 11 is 3.25. The zero-order valence-electron chi connectivity index (χ0n) is 8.87. The number of nitrogens with zero attached hydrogens (tertiary/aromatic N) is 1. The van der Waals surface area contributed by atoms with E-state index in [1.807, 2.05) is 18.7 Å². The third-order valence-electron chi connectivity index (χ3n) is 1.75. The highest BCUT2D eigenvalue weighted by molar-refractivity contribution is 7.98. The van der Waals surface area contributed by atoms with Crippen LogP contribution in [0.15, 0.2) is 0 Å². The van der Waals surface area contributed by atoms with Crippen molar-refractivity contribution in [1.82, 2.24) is 10.4 Å². The van der Waals surface area contributed by atoms with Gasteiger partial charge in [-0.3, -0.25) is 10.2 Å². The third kappa shape index (κ3) is 3.48. The van der Waals surface area contributed by atoms with E-state index in [0.717, 1.165) is 28.6 Å². The van der Waals surface area contributed by atoms with E-state index >= 15 is 0 Å². The van der Waals surface area contributed by atoms with E-state index < -0.39 is 0 Å². The van der Waals surface area contributed by atoms with Gasteiger partial charge in [0.15, 0.2) is 0 Å². The number of thiazole rings is 1. The second-order valence-corrected chi connectivity index (χ2v) is 5.24. The van der Waals surface area contributed by atoms with Gasteiger partial charge in [-0.25, -0.2) is 10.8 Å². The van der Waals surface area contributed by atoms with Crippen LogP contribution in [-0.2, 0) is 5.75 Å². The van der Waals surface area contributed by atoms with E-state index in [9.17, 15) is 4.79 Å². The number of nitrogens with one attached hydrogen (secondary N) is 1. The summed E-state index contributed by atoms with van der Waals surface area (Å²) in [6.07, 6.45) is 1.16. The van der Waals surface area contributed by atoms with Crippen molar-refractivity contribution in [3.63, 3.8) is 0 Å². The van der Waals surface area contributed by atoms with Crippen LogP contribution in [0, 0.1) is 6.92 Å². The maximum atomic E-state index is 11.3. The number of carbonyl (C=O) groups is 1. The first-order valence-electron chi connectivity index (χ1n) is 4.74. The van der Waals surface area contributed by atoms with Crippen molar-refractivity contribution < 1.29 is 4.79 Å². The Kier molecular flexibility index (Phi) is 5.07. The highest BCUT2D eigenvalue weighted by Gasteiger charge is 2.13. The van der Waals surface area contributed by atoms with Crippen molar-refractivity contribution in [3.05, 3.63) is 15.6 Å². The van der Waals surface area contributed by atoms with Gasteiger partial charge in [0.2, 0.25) is 0 Å². The molecule has 0 fully saturated rings. The maximum Gasteiger partial charge on any atom is 0.277 e. The van der Waals surface area contributed by atoms with Crippen LogP contribution in [0.2, 0.25) is 0 Å². The minimum absolute atomic E-state index is 0.253. The number of hydrazine groups is 1. The Morgan fingerprint density at radius 3 is 3.00 bits per heavy atom. The summed E-state index contributed by atoms with van der Waals surface area (Å²) in [6, 6.07) is 0. The Balaban J connectivity index is 2.64. The quantitative estimate of drug-likeness (QED) is 0.358. The van der Waals surface area contributed by atoms with Crippen molar-refractivity contribution in [2.45, 2.75) is 26.0 Å². The molecule has 1 amide bonds. The lowest BCUT2D eigenvalue weighted by molar-refractivity contribution is 0.0957. The molecule has 1 heterocycles. The number of hydrogen-bond acceptors (Lipinski definition) is 5. The molecule has 6 heteroatoms. The lowest BCUT2D eigenvalue weighted by Crippen LogP contribution is -2.29. The molecule has 0 saturated carbocycles. The molecule has 0 spiro atoms. The maximum absolute atomic E-state index is 11.3. The van der Waals surface area contributed by atoms with Gasteiger partial charge in [-0.1, -0.05) is 6.92 Å². The average molecular weight is 245 g/mol. The second-order valence-electron chi connectivity index (χ2n) is 3.05. The van der Waals surface area contributed by atoms with Gasteiger partial charge in [-0.15, -0.1) is 11.3 Å². The minimum atomic E-state index is -0.253. The number of thioether (sulfide) groups is 1. The third-order valence-corrected chi connectivity index (χ3v) is 4.27. The Morgan fingerprint density at radius 1 is 1.67 bits per heavy atom. The van der Waals surface area contributed by atoms with Crippen LogP contribution < -0.4 is 11.3 Å². The molecule has 1 aromatic heterocycles. The first-order valence-corrected chi connectivity index (χ1v) is 6.71. The number of rotatable bonds is 5. The predicted octanol–water partition coefficient (Wildman–Crippen LogP) is 1.70. The molecular weight excluding hydrogens is 230 g/mol. The van der Waals surface area contributed by atoms with Crippen molar-refractivity contribution in [2.24, 2.45) is 5.84 Å². The fourth-order valence-electron chi connectivity index (χ4n) is 1.09. The highest BCUT2D eigenvalue weighted by atomic mass is 32.2. The average Bonchev–Trinajstić information content (AvgIpc) is 2.59. The molecule has 84 valence electrons. The summed E-state index contributed by atoms with van der Waals surface area (Å²) in [5.41, 5.74) is 2.89. The largest absolute Gasteiger partial charge is 0.289 e. The van der Waals surface area contributed by atoms with E-state index in [4.69, 9.17) is 5.84 Å². The van der Waals surface area contributed by atoms with Gasteiger partial charge in [-0.05, 0) is 19.1 Å². The van der Waals surface area contributed by atoms with Gasteiger partial charge in [0, 0.05) is 5.75 Å². The van der Waals surface area contributed by atoms with Crippen LogP contribution in [0.3, 0.4) is 0 Å². The van der Waals surface area contributed by atoms with Crippen molar-refractivity contribution in [2.75, 3.05) is 5.75 Å². The van der Waals surface area contributed by atoms with E-state index in [-0.39, 0.29) is 5.91 Å². The lowest BCUT2D eigenvalue weighted by atomic mass is 10.4. The number of nitrogen functional groups attached to an aromatic ring is 1. The number of carbonyl (C=O) groups excluding carboxylic acids is 1. The molecule has 0 saturated heterocycles. The summed E-state index contributed by atoms with van der Waals surface area (Å²) < 4.78 is 0. The summed E-state index contributed by atoms with van der Waals surface area (Å²) in [5, 5.41) is 0.990. The van der Waals surface area contributed by atoms with Crippen LogP contribution in [0.5, 0.6) is 0 Å². The molecule has 3 N–H and O–H groups in total. The van der Waals surface area contributed by atoms with Crippen LogP contribution >= 0.6 is 23.1 Å². The fraction of sp³-hybridized carbons (Fsp3) is 0.556. The topological polar surface area (TPSA) is 68.0 Å². The summed E-state index contributed by atoms with van der Waals surface area (Å²) in [4.78, 5) is 16.3. The standard InChI is InChI=1S/C9H15N3OS2/c1-3-4-14-5-7-11-6(2)8(15-7)9(13)12-10/h3-5,10H2,1-2H3,(H,12,13). The normalized spacial score (nSPS) is 10.3. The van der Waals surface area contributed by atoms with Crippen LogP contribution in [0.4, 0.5) is 0 Å². The Bertz CT molecular complexity index is 338. The molecule has 0 aliphatic rings. The molecule has 0 unspecified atom stereocenters. The Hall–Kier alpha value is -0.590. The first kappa shape index (κ1) is 12.5. The van der Waals surface area contributed by atoms with Gasteiger partial charge >= 0.3 is 0 Å². The summed E-state index contributed by atoms with van der Waals surface area (Å²) in [6.45, 7) is 3.97. The number of hydrogen-bond donors (Lipinski definition) is 2. The van der Waals surface area contributed by atoms with Gasteiger partial charge in [-0.2, -0.15) is 11.8 Å². The summed E-state index contributed by atoms with van der Waals surface area (Å²) in [5.74, 6) is 6.82. The smallest absolute Gasteiger partial charge is 0.277 e. The predicted molar refractivity (Wildman–Crippen MR) is 65.0 cm³/mol. The molecule has 0 aliphatic carbocycles. The molecule has 0 bridgehead atoms. The lowest BCUT2D eigenvalue weighted by Gasteiger charge is -1.94. The molecule has 15 heavy (non-hydrogen) atoms. The molecule has 1 aromatic rings. The van der Waals surface area contributed by atoms with Crippen molar-refractivity contribution in [1.29, 1.82) is 0 Å². The summed E-state index contributed by atoms with van der Waals surface area (Å²) in [7, 11) is 0. The Morgan fingerprint density at radius 2 is 2.40 bits per heavy atom. The van der Waals surface area contributed by atoms with Crippen molar-refractivity contribution in [3.8, 4) is 0 Å². The van der Waals surface area contributed by atoms with Crippen molar-refractivity contribution >= 4 is 29.0 Å². The number of amides is 1. The monoisotopic (exact) mass is 245 g/mol. The molecule has 1 rings (SSSR count). The number of aromatic nitrogens is 1. The zero-order valence-corrected chi connectivity index (χ0v) is 10.5. The molecule has 0 aromatic carbocycles. The van der Waals surface area contributed by atoms with Gasteiger partial charge in [0.25, 0.3) is 5.91 Å². The van der Waals surface area contributed by atoms with E-state index in [2.05, 4.69) is 17.3 Å². The molecule has 0 atom stereocenters. The van der Waals surface area contributed by atoms with E-state index in [0.29, 0.717) is 4.88 Å². The van der Waals surface area contributed by atoms with Gasteiger partial charge in [0.05, 0.1) is 5.69 Å². The number of aryl methyl sites for hydroxylation is 1. The molecule has 0 aliphatic heterocycles. The number of nitrogens with two attached hydrogens (primary N) is 1. The second kappa shape index (κ2) is 6.09. The highest BCUT2D eigenvalue weighted by Crippen LogP contribution is 2.22. The molecular formula is C9H15N3OS2. The van der Waals surface area contributed by atoms with Crippen LogP contribution in [0.25, 0.3) is 0 Å². The Labute approximate surface area is 97.6 Å². The van der Waals surface area contributed by atoms with Crippen LogP contribution in [0.1, 0.15) is 33.7 Å². The molecule has 0 radical (unpaired) electrons. The van der Waals surface area contributed by atoms with E-state index in [1.165, 1.54) is 11.3 Å². The first-order chi connectivity index (χ1) is 7.19. The SMILES string of the molecule is CCCSCc1nc(C)c(C(=O)NN)s1. The van der Waals surface area contributed by atoms with Crippen LogP contribution in [-0.4, -0.2) is 16.6 Å². The van der Waals surface area contributed by atoms with Gasteiger partial charge < -0.3 is 0 Å².